The van der Waals surface area contributed by atoms with Crippen LogP contribution in [0.25, 0.3) is 0 Å². The van der Waals surface area contributed by atoms with Gasteiger partial charge in [0.1, 0.15) is 5.82 Å². The van der Waals surface area contributed by atoms with E-state index in [1.807, 2.05) is 6.07 Å². The van der Waals surface area contributed by atoms with Gasteiger partial charge in [-0.2, -0.15) is 0 Å². The second kappa shape index (κ2) is 6.74. The molecule has 2 rings (SSSR count). The topological polar surface area (TPSA) is 38.0 Å². The summed E-state index contributed by atoms with van der Waals surface area (Å²) >= 11 is 0. The Morgan fingerprint density at radius 2 is 1.83 bits per heavy atom. The van der Waals surface area contributed by atoms with E-state index in [1.165, 1.54) is 44.6 Å². The van der Waals surface area contributed by atoms with Crippen molar-refractivity contribution in [2.75, 3.05) is 11.9 Å². The number of benzene rings is 1. The van der Waals surface area contributed by atoms with Crippen LogP contribution in [0.5, 0.6) is 0 Å². The lowest BCUT2D eigenvalue weighted by atomic mass is 9.91. The zero-order valence-corrected chi connectivity index (χ0v) is 10.9. The van der Waals surface area contributed by atoms with Gasteiger partial charge >= 0.3 is 0 Å². The maximum atomic E-state index is 13.6. The van der Waals surface area contributed by atoms with Gasteiger partial charge in [-0.3, -0.25) is 0 Å². The number of para-hydroxylation sites is 1. The highest BCUT2D eigenvalue weighted by Crippen LogP contribution is 2.27. The molecule has 1 aromatic rings. The third-order valence-corrected chi connectivity index (χ3v) is 3.94. The highest BCUT2D eigenvalue weighted by Gasteiger charge is 2.22. The Bertz CT molecular complexity index is 359. The molecule has 0 spiro atoms. The minimum Gasteiger partial charge on any atom is -0.378 e. The standard InChI is InChI=1S/C15H23FN2/c16-13-9-5-6-10-14(13)18-15(11-17)12-7-3-1-2-4-8-12/h5-6,9-10,12,15,18H,1-4,7-8,11,17H2. The molecule has 3 N–H and O–H groups in total. The third kappa shape index (κ3) is 3.45. The summed E-state index contributed by atoms with van der Waals surface area (Å²) in [6.45, 7) is 0.568. The number of nitrogens with two attached hydrogens (primary N) is 1. The van der Waals surface area contributed by atoms with E-state index in [0.717, 1.165) is 0 Å². The molecule has 0 aromatic heterocycles. The van der Waals surface area contributed by atoms with Crippen molar-refractivity contribution in [3.05, 3.63) is 30.1 Å². The van der Waals surface area contributed by atoms with Crippen molar-refractivity contribution in [1.29, 1.82) is 0 Å². The van der Waals surface area contributed by atoms with Gasteiger partial charge in [-0.25, -0.2) is 4.39 Å². The van der Waals surface area contributed by atoms with Crippen molar-refractivity contribution in [3.8, 4) is 0 Å². The Labute approximate surface area is 109 Å². The van der Waals surface area contributed by atoms with E-state index in [1.54, 1.807) is 12.1 Å². The highest BCUT2D eigenvalue weighted by atomic mass is 19.1. The SMILES string of the molecule is NCC(Nc1ccccc1F)C1CCCCCC1. The second-order valence-electron chi connectivity index (χ2n) is 5.22. The van der Waals surface area contributed by atoms with Crippen LogP contribution in [0.15, 0.2) is 24.3 Å². The molecule has 2 nitrogen and oxygen atoms in total. The minimum absolute atomic E-state index is 0.190. The van der Waals surface area contributed by atoms with Gasteiger partial charge in [-0.1, -0.05) is 37.8 Å². The zero-order chi connectivity index (χ0) is 12.8. The normalized spacial score (nSPS) is 19.2. The summed E-state index contributed by atoms with van der Waals surface area (Å²) in [5.41, 5.74) is 6.45. The Balaban J connectivity index is 2.02. The monoisotopic (exact) mass is 250 g/mol. The van der Waals surface area contributed by atoms with Crippen LogP contribution in [-0.2, 0) is 0 Å². The molecular formula is C15H23FN2. The number of rotatable bonds is 4. The van der Waals surface area contributed by atoms with Crippen LogP contribution < -0.4 is 11.1 Å². The molecule has 0 heterocycles. The summed E-state index contributed by atoms with van der Waals surface area (Å²) in [5, 5.41) is 3.29. The van der Waals surface area contributed by atoms with Crippen molar-refractivity contribution in [2.24, 2.45) is 11.7 Å². The largest absolute Gasteiger partial charge is 0.378 e. The van der Waals surface area contributed by atoms with E-state index in [4.69, 9.17) is 5.73 Å². The molecule has 18 heavy (non-hydrogen) atoms. The highest BCUT2D eigenvalue weighted by molar-refractivity contribution is 5.45. The van der Waals surface area contributed by atoms with E-state index < -0.39 is 0 Å². The van der Waals surface area contributed by atoms with E-state index in [2.05, 4.69) is 5.32 Å². The summed E-state index contributed by atoms with van der Waals surface area (Å²) in [5.74, 6) is 0.390. The van der Waals surface area contributed by atoms with Crippen LogP contribution in [0.2, 0.25) is 0 Å². The molecule has 3 heteroatoms. The number of anilines is 1. The van der Waals surface area contributed by atoms with Gasteiger partial charge in [0.15, 0.2) is 0 Å². The second-order valence-corrected chi connectivity index (χ2v) is 5.22. The quantitative estimate of drug-likeness (QED) is 0.802. The fraction of sp³-hybridized carbons (Fsp3) is 0.600. The van der Waals surface area contributed by atoms with Gasteiger partial charge in [0.2, 0.25) is 0 Å². The van der Waals surface area contributed by atoms with Gasteiger partial charge < -0.3 is 11.1 Å². The van der Waals surface area contributed by atoms with Crippen molar-refractivity contribution in [1.82, 2.24) is 0 Å². The molecule has 1 aromatic carbocycles. The van der Waals surface area contributed by atoms with Crippen LogP contribution in [0, 0.1) is 11.7 Å². The molecule has 0 amide bonds. The molecule has 100 valence electrons. The molecule has 0 aliphatic heterocycles. The zero-order valence-electron chi connectivity index (χ0n) is 10.9. The molecule has 0 bridgehead atoms. The maximum Gasteiger partial charge on any atom is 0.146 e. The average Bonchev–Trinajstić information content (AvgIpc) is 2.67. The molecule has 0 saturated heterocycles. The summed E-state index contributed by atoms with van der Waals surface area (Å²) in [4.78, 5) is 0. The first-order valence-corrected chi connectivity index (χ1v) is 7.02. The van der Waals surface area contributed by atoms with Crippen LogP contribution in [0.4, 0.5) is 10.1 Å². The molecule has 0 radical (unpaired) electrons. The Hall–Kier alpha value is -1.09. The van der Waals surface area contributed by atoms with Crippen molar-refractivity contribution >= 4 is 5.69 Å². The number of hydrogen-bond acceptors (Lipinski definition) is 2. The molecule has 1 atom stereocenters. The maximum absolute atomic E-state index is 13.6. The summed E-state index contributed by atoms with van der Waals surface area (Å²) in [6.07, 6.45) is 7.63. The lowest BCUT2D eigenvalue weighted by Crippen LogP contribution is -2.36. The minimum atomic E-state index is -0.190. The molecule has 1 aliphatic carbocycles. The molecule has 1 unspecified atom stereocenters. The van der Waals surface area contributed by atoms with E-state index >= 15 is 0 Å². The summed E-state index contributed by atoms with van der Waals surface area (Å²) < 4.78 is 13.6. The molecule has 1 fully saturated rings. The van der Waals surface area contributed by atoms with E-state index in [0.29, 0.717) is 18.2 Å². The summed E-state index contributed by atoms with van der Waals surface area (Å²) in [7, 11) is 0. The van der Waals surface area contributed by atoms with Crippen molar-refractivity contribution in [2.45, 2.75) is 44.6 Å². The Morgan fingerprint density at radius 3 is 2.44 bits per heavy atom. The van der Waals surface area contributed by atoms with Crippen molar-refractivity contribution in [3.63, 3.8) is 0 Å². The van der Waals surface area contributed by atoms with Gasteiger partial charge in [-0.05, 0) is 30.9 Å². The van der Waals surface area contributed by atoms with Gasteiger partial charge in [0, 0.05) is 12.6 Å². The lowest BCUT2D eigenvalue weighted by Gasteiger charge is -2.27. The van der Waals surface area contributed by atoms with Gasteiger partial charge in [0.25, 0.3) is 0 Å². The van der Waals surface area contributed by atoms with Crippen LogP contribution in [0.1, 0.15) is 38.5 Å². The predicted molar refractivity (Wildman–Crippen MR) is 74.1 cm³/mol. The predicted octanol–water partition coefficient (Wildman–Crippen LogP) is 3.54. The smallest absolute Gasteiger partial charge is 0.146 e. The average molecular weight is 250 g/mol. The van der Waals surface area contributed by atoms with Gasteiger partial charge in [0.05, 0.1) is 5.69 Å². The van der Waals surface area contributed by atoms with Crippen LogP contribution in [-0.4, -0.2) is 12.6 Å². The first kappa shape index (κ1) is 13.3. The first-order valence-electron chi connectivity index (χ1n) is 7.02. The molecular weight excluding hydrogens is 227 g/mol. The fourth-order valence-electron chi connectivity index (χ4n) is 2.86. The number of nitrogens with one attached hydrogen (secondary N) is 1. The van der Waals surface area contributed by atoms with Crippen LogP contribution in [0.3, 0.4) is 0 Å². The molecule has 1 saturated carbocycles. The number of halogens is 1. The Kier molecular flexibility index (Phi) is 5.00. The van der Waals surface area contributed by atoms with Crippen molar-refractivity contribution < 1.29 is 4.39 Å². The lowest BCUT2D eigenvalue weighted by molar-refractivity contribution is 0.397. The van der Waals surface area contributed by atoms with E-state index in [9.17, 15) is 4.39 Å². The fourth-order valence-corrected chi connectivity index (χ4v) is 2.86. The number of hydrogen-bond donors (Lipinski definition) is 2. The Morgan fingerprint density at radius 1 is 1.17 bits per heavy atom. The van der Waals surface area contributed by atoms with Gasteiger partial charge in [-0.15, -0.1) is 0 Å². The van der Waals surface area contributed by atoms with E-state index in [-0.39, 0.29) is 11.9 Å². The molecule has 1 aliphatic rings. The first-order chi connectivity index (χ1) is 8.81. The third-order valence-electron chi connectivity index (χ3n) is 3.94. The van der Waals surface area contributed by atoms with Crippen LogP contribution >= 0.6 is 0 Å². The summed E-state index contributed by atoms with van der Waals surface area (Å²) in [6, 6.07) is 7.04.